The fourth-order valence-corrected chi connectivity index (χ4v) is 3.03. The van der Waals surface area contributed by atoms with E-state index in [0.29, 0.717) is 55.8 Å². The lowest BCUT2D eigenvalue weighted by Gasteiger charge is -2.35. The number of benzene rings is 1. The molecule has 154 valence electrons. The van der Waals surface area contributed by atoms with E-state index in [1.165, 1.54) is 13.3 Å². The second-order valence-corrected chi connectivity index (χ2v) is 6.52. The Balaban J connectivity index is 1.67. The van der Waals surface area contributed by atoms with E-state index in [1.54, 1.807) is 24.0 Å². The van der Waals surface area contributed by atoms with Crippen molar-refractivity contribution in [2.24, 2.45) is 0 Å². The van der Waals surface area contributed by atoms with Crippen LogP contribution in [0.4, 0.5) is 33.5 Å². The van der Waals surface area contributed by atoms with E-state index in [-0.39, 0.29) is 12.0 Å². The van der Waals surface area contributed by atoms with Crippen LogP contribution in [0.2, 0.25) is 0 Å². The average molecular weight is 399 g/mol. The van der Waals surface area contributed by atoms with Crippen LogP contribution in [-0.2, 0) is 9.53 Å². The average Bonchev–Trinajstić information content (AvgIpc) is 2.71. The number of rotatable bonds is 5. The molecule has 3 rings (SSSR count). The zero-order chi connectivity index (χ0) is 20.8. The van der Waals surface area contributed by atoms with Gasteiger partial charge in [0, 0.05) is 44.5 Å². The zero-order valence-corrected chi connectivity index (χ0v) is 16.5. The monoisotopic (exact) mass is 399 g/mol. The number of amides is 2. The maximum Gasteiger partial charge on any atom is 0.409 e. The minimum Gasteiger partial charge on any atom is -0.450 e. The number of hydrogen-bond acceptors (Lipinski definition) is 8. The minimum atomic E-state index is -0.298. The molecule has 0 saturated carbocycles. The molecule has 10 nitrogen and oxygen atoms in total. The lowest BCUT2D eigenvalue weighted by atomic mass is 10.2. The molecule has 0 bridgehead atoms. The quantitative estimate of drug-likeness (QED) is 0.697. The van der Waals surface area contributed by atoms with Gasteiger partial charge in [0.2, 0.25) is 5.91 Å². The molecule has 1 fully saturated rings. The third-order valence-corrected chi connectivity index (χ3v) is 4.44. The third kappa shape index (κ3) is 5.03. The molecule has 4 N–H and O–H groups in total. The molecule has 1 aliphatic heterocycles. The summed E-state index contributed by atoms with van der Waals surface area (Å²) in [6, 6.07) is 7.22. The van der Waals surface area contributed by atoms with Crippen molar-refractivity contribution < 1.29 is 14.3 Å². The Kier molecular flexibility index (Phi) is 6.32. The Morgan fingerprint density at radius 3 is 2.38 bits per heavy atom. The topological polar surface area (TPSA) is 126 Å². The van der Waals surface area contributed by atoms with E-state index < -0.39 is 0 Å². The van der Waals surface area contributed by atoms with Crippen LogP contribution in [0.5, 0.6) is 0 Å². The van der Waals surface area contributed by atoms with Crippen molar-refractivity contribution in [3.05, 3.63) is 30.6 Å². The number of anilines is 5. The van der Waals surface area contributed by atoms with Gasteiger partial charge >= 0.3 is 6.09 Å². The Bertz CT molecular complexity index is 865. The minimum absolute atomic E-state index is 0.126. The van der Waals surface area contributed by atoms with Gasteiger partial charge in [-0.25, -0.2) is 14.8 Å². The van der Waals surface area contributed by atoms with Crippen LogP contribution in [-0.4, -0.2) is 59.7 Å². The van der Waals surface area contributed by atoms with E-state index in [0.717, 1.165) is 5.69 Å². The van der Waals surface area contributed by atoms with Crippen LogP contribution < -0.4 is 21.3 Å². The molecule has 1 aromatic heterocycles. The van der Waals surface area contributed by atoms with Gasteiger partial charge in [-0.3, -0.25) is 4.79 Å². The second-order valence-electron chi connectivity index (χ2n) is 6.52. The first-order valence-electron chi connectivity index (χ1n) is 9.39. The first-order chi connectivity index (χ1) is 14.0. The normalized spacial score (nSPS) is 13.7. The highest BCUT2D eigenvalue weighted by molar-refractivity contribution is 5.89. The van der Waals surface area contributed by atoms with E-state index in [9.17, 15) is 9.59 Å². The summed E-state index contributed by atoms with van der Waals surface area (Å²) in [6.45, 7) is 5.89. The maximum absolute atomic E-state index is 11.9. The summed E-state index contributed by atoms with van der Waals surface area (Å²) in [5.41, 5.74) is 8.23. The fraction of sp³-hybridized carbons (Fsp3) is 0.368. The fourth-order valence-electron chi connectivity index (χ4n) is 3.03. The van der Waals surface area contributed by atoms with Crippen LogP contribution in [0.1, 0.15) is 13.8 Å². The summed E-state index contributed by atoms with van der Waals surface area (Å²) in [6.07, 6.45) is 1.16. The molecule has 10 heteroatoms. The van der Waals surface area contributed by atoms with Gasteiger partial charge in [-0.2, -0.15) is 0 Å². The van der Waals surface area contributed by atoms with Crippen molar-refractivity contribution >= 4 is 40.7 Å². The summed E-state index contributed by atoms with van der Waals surface area (Å²) in [5.74, 6) is 0.995. The Morgan fingerprint density at radius 1 is 1.10 bits per heavy atom. The summed E-state index contributed by atoms with van der Waals surface area (Å²) >= 11 is 0. The van der Waals surface area contributed by atoms with Gasteiger partial charge in [0.05, 0.1) is 6.61 Å². The molecule has 0 unspecified atom stereocenters. The smallest absolute Gasteiger partial charge is 0.409 e. The molecule has 0 aliphatic carbocycles. The zero-order valence-electron chi connectivity index (χ0n) is 16.5. The summed E-state index contributed by atoms with van der Waals surface area (Å²) < 4.78 is 5.05. The van der Waals surface area contributed by atoms with Gasteiger partial charge in [0.15, 0.2) is 11.6 Å². The number of nitrogens with two attached hydrogens (primary N) is 1. The highest BCUT2D eigenvalue weighted by Crippen LogP contribution is 2.29. The number of carbonyl (C=O) groups is 2. The van der Waals surface area contributed by atoms with Crippen LogP contribution in [0, 0.1) is 0 Å². The number of piperazine rings is 1. The molecule has 0 spiro atoms. The third-order valence-electron chi connectivity index (χ3n) is 4.44. The molecular weight excluding hydrogens is 374 g/mol. The van der Waals surface area contributed by atoms with Crippen molar-refractivity contribution in [2.75, 3.05) is 54.1 Å². The number of nitrogens with zero attached hydrogens (tertiary/aromatic N) is 4. The number of aromatic nitrogens is 2. The van der Waals surface area contributed by atoms with E-state index >= 15 is 0 Å². The van der Waals surface area contributed by atoms with Crippen LogP contribution in [0.15, 0.2) is 30.6 Å². The first kappa shape index (κ1) is 20.2. The number of nitrogen functional groups attached to an aromatic ring is 1. The second kappa shape index (κ2) is 9.09. The van der Waals surface area contributed by atoms with Crippen LogP contribution >= 0.6 is 0 Å². The number of carbonyl (C=O) groups excluding carboxylic acids is 2. The molecule has 2 amide bonds. The SMILES string of the molecule is CCOC(=O)N1CCN(c2ncnc(Nc3ccc(NC(C)=O)cc3)c2N)CC1. The van der Waals surface area contributed by atoms with Crippen LogP contribution in [0.25, 0.3) is 0 Å². The molecule has 1 aromatic carbocycles. The number of nitrogens with one attached hydrogen (secondary N) is 2. The van der Waals surface area contributed by atoms with E-state index in [4.69, 9.17) is 10.5 Å². The highest BCUT2D eigenvalue weighted by atomic mass is 16.6. The van der Waals surface area contributed by atoms with Crippen molar-refractivity contribution in [2.45, 2.75) is 13.8 Å². The number of ether oxygens (including phenoxy) is 1. The molecule has 0 radical (unpaired) electrons. The molecular formula is C19H25N7O3. The van der Waals surface area contributed by atoms with Gasteiger partial charge in [-0.05, 0) is 31.2 Å². The highest BCUT2D eigenvalue weighted by Gasteiger charge is 2.24. The van der Waals surface area contributed by atoms with Gasteiger partial charge in [-0.1, -0.05) is 0 Å². The first-order valence-corrected chi connectivity index (χ1v) is 9.39. The Morgan fingerprint density at radius 2 is 1.76 bits per heavy atom. The van der Waals surface area contributed by atoms with E-state index in [2.05, 4.69) is 20.6 Å². The molecule has 2 heterocycles. The van der Waals surface area contributed by atoms with Gasteiger partial charge in [0.1, 0.15) is 12.0 Å². The Labute approximate surface area is 169 Å². The predicted octanol–water partition coefficient (Wildman–Crippen LogP) is 2.04. The van der Waals surface area contributed by atoms with Crippen molar-refractivity contribution in [3.63, 3.8) is 0 Å². The lowest BCUT2D eigenvalue weighted by molar-refractivity contribution is -0.114. The van der Waals surface area contributed by atoms with Gasteiger partial charge in [-0.15, -0.1) is 0 Å². The summed E-state index contributed by atoms with van der Waals surface area (Å²) in [7, 11) is 0. The summed E-state index contributed by atoms with van der Waals surface area (Å²) in [5, 5.41) is 5.89. The molecule has 1 aliphatic rings. The molecule has 0 atom stereocenters. The molecule has 2 aromatic rings. The predicted molar refractivity (Wildman–Crippen MR) is 111 cm³/mol. The maximum atomic E-state index is 11.9. The Hall–Kier alpha value is -3.56. The summed E-state index contributed by atoms with van der Waals surface area (Å²) in [4.78, 5) is 35.2. The standard InChI is InChI=1S/C19H25N7O3/c1-3-29-19(28)26-10-8-25(9-11-26)18-16(20)17(21-12-22-18)24-15-6-4-14(5-7-15)23-13(2)27/h4-7,12H,3,8-11,20H2,1-2H3,(H,23,27)(H,21,22,24). The lowest BCUT2D eigenvalue weighted by Crippen LogP contribution is -2.49. The van der Waals surface area contributed by atoms with Gasteiger partial charge in [0.25, 0.3) is 0 Å². The molecule has 1 saturated heterocycles. The van der Waals surface area contributed by atoms with Crippen LogP contribution in [0.3, 0.4) is 0 Å². The van der Waals surface area contributed by atoms with Crippen molar-refractivity contribution in [3.8, 4) is 0 Å². The van der Waals surface area contributed by atoms with Gasteiger partial charge < -0.3 is 30.9 Å². The van der Waals surface area contributed by atoms with E-state index in [1.807, 2.05) is 17.0 Å². The largest absolute Gasteiger partial charge is 0.450 e. The van der Waals surface area contributed by atoms with Crippen molar-refractivity contribution in [1.29, 1.82) is 0 Å². The molecule has 29 heavy (non-hydrogen) atoms. The number of hydrogen-bond donors (Lipinski definition) is 3. The van der Waals surface area contributed by atoms with Crippen molar-refractivity contribution in [1.82, 2.24) is 14.9 Å².